The lowest BCUT2D eigenvalue weighted by atomic mass is 10.1. The maximum absolute atomic E-state index is 12.2. The fourth-order valence-electron chi connectivity index (χ4n) is 2.74. The van der Waals surface area contributed by atoms with E-state index in [1.54, 1.807) is 19.2 Å². The monoisotopic (exact) mass is 336 g/mol. The second-order valence-corrected chi connectivity index (χ2v) is 5.95. The summed E-state index contributed by atoms with van der Waals surface area (Å²) in [7, 11) is 1.61. The number of amides is 1. The predicted molar refractivity (Wildman–Crippen MR) is 98.3 cm³/mol. The minimum Gasteiger partial charge on any atom is -0.497 e. The van der Waals surface area contributed by atoms with E-state index in [1.807, 2.05) is 43.3 Å². The number of aromatic nitrogens is 1. The van der Waals surface area contributed by atoms with Gasteiger partial charge in [0, 0.05) is 28.6 Å². The van der Waals surface area contributed by atoms with Crippen LogP contribution >= 0.6 is 0 Å². The molecule has 0 saturated heterocycles. The normalized spacial score (nSPS) is 10.6. The van der Waals surface area contributed by atoms with Gasteiger partial charge < -0.3 is 15.0 Å². The third-order valence-electron chi connectivity index (χ3n) is 4.09. The molecule has 2 N–H and O–H groups in total. The molecule has 0 atom stereocenters. The minimum absolute atomic E-state index is 0.136. The molecule has 25 heavy (non-hydrogen) atoms. The van der Waals surface area contributed by atoms with E-state index in [-0.39, 0.29) is 11.5 Å². The van der Waals surface area contributed by atoms with Crippen molar-refractivity contribution in [3.63, 3.8) is 0 Å². The number of aryl methyl sites for hydroxylation is 1. The van der Waals surface area contributed by atoms with Gasteiger partial charge in [0.25, 0.3) is 11.5 Å². The minimum atomic E-state index is -0.137. The van der Waals surface area contributed by atoms with E-state index in [4.69, 9.17) is 4.74 Å². The molecule has 0 fully saturated rings. The number of fused-ring (bicyclic) bond motifs is 1. The molecule has 0 unspecified atom stereocenters. The molecule has 1 heterocycles. The van der Waals surface area contributed by atoms with Crippen molar-refractivity contribution < 1.29 is 9.53 Å². The third-order valence-corrected chi connectivity index (χ3v) is 4.09. The Morgan fingerprint density at radius 2 is 2.00 bits per heavy atom. The number of hydrogen-bond acceptors (Lipinski definition) is 3. The number of ether oxygens (including phenoxy) is 1. The van der Waals surface area contributed by atoms with E-state index in [1.165, 1.54) is 0 Å². The quantitative estimate of drug-likeness (QED) is 0.752. The highest BCUT2D eigenvalue weighted by Gasteiger charge is 2.07. The van der Waals surface area contributed by atoms with Crippen molar-refractivity contribution >= 4 is 16.8 Å². The maximum atomic E-state index is 12.2. The zero-order chi connectivity index (χ0) is 17.8. The number of hydrogen-bond donors (Lipinski definition) is 2. The first-order chi connectivity index (χ1) is 12.1. The van der Waals surface area contributed by atoms with Crippen LogP contribution in [-0.4, -0.2) is 24.5 Å². The lowest BCUT2D eigenvalue weighted by Crippen LogP contribution is -2.27. The largest absolute Gasteiger partial charge is 0.497 e. The van der Waals surface area contributed by atoms with Gasteiger partial charge in [-0.3, -0.25) is 9.59 Å². The van der Waals surface area contributed by atoms with Crippen LogP contribution in [0.1, 0.15) is 21.5 Å². The number of carbonyl (C=O) groups is 1. The molecule has 0 bridgehead atoms. The summed E-state index contributed by atoms with van der Waals surface area (Å²) in [6.07, 6.45) is 0.458. The van der Waals surface area contributed by atoms with Crippen molar-refractivity contribution in [1.29, 1.82) is 0 Å². The molecule has 128 valence electrons. The second-order valence-electron chi connectivity index (χ2n) is 5.95. The van der Waals surface area contributed by atoms with Gasteiger partial charge in [0.05, 0.1) is 7.11 Å². The average Bonchev–Trinajstić information content (AvgIpc) is 2.61. The Kier molecular flexibility index (Phi) is 4.84. The van der Waals surface area contributed by atoms with Gasteiger partial charge in [-0.2, -0.15) is 0 Å². The lowest BCUT2D eigenvalue weighted by molar-refractivity contribution is 0.0954. The molecule has 2 aromatic carbocycles. The van der Waals surface area contributed by atoms with Gasteiger partial charge in [0.15, 0.2) is 0 Å². The van der Waals surface area contributed by atoms with Crippen molar-refractivity contribution in [1.82, 2.24) is 10.3 Å². The van der Waals surface area contributed by atoms with Crippen LogP contribution in [0.15, 0.2) is 53.3 Å². The highest BCUT2D eigenvalue weighted by Crippen LogP contribution is 2.18. The van der Waals surface area contributed by atoms with Crippen molar-refractivity contribution in [2.75, 3.05) is 13.7 Å². The van der Waals surface area contributed by atoms with Gasteiger partial charge >= 0.3 is 0 Å². The molecule has 0 aliphatic heterocycles. The number of rotatable bonds is 5. The van der Waals surface area contributed by atoms with E-state index in [0.29, 0.717) is 24.1 Å². The summed E-state index contributed by atoms with van der Waals surface area (Å²) in [5.74, 6) is 0.598. The molecular formula is C20H20N2O3. The molecule has 5 heteroatoms. The number of benzene rings is 2. The van der Waals surface area contributed by atoms with Crippen molar-refractivity contribution in [3.05, 3.63) is 75.6 Å². The van der Waals surface area contributed by atoms with Crippen LogP contribution in [-0.2, 0) is 6.42 Å². The highest BCUT2D eigenvalue weighted by atomic mass is 16.5. The lowest BCUT2D eigenvalue weighted by Gasteiger charge is -2.07. The summed E-state index contributed by atoms with van der Waals surface area (Å²) in [4.78, 5) is 27.2. The van der Waals surface area contributed by atoms with E-state index in [9.17, 15) is 9.59 Å². The van der Waals surface area contributed by atoms with E-state index in [2.05, 4.69) is 10.3 Å². The summed E-state index contributed by atoms with van der Waals surface area (Å²) >= 11 is 0. The van der Waals surface area contributed by atoms with Crippen LogP contribution in [0.4, 0.5) is 0 Å². The molecule has 3 aromatic rings. The molecule has 3 rings (SSSR count). The van der Waals surface area contributed by atoms with Crippen LogP contribution in [0.5, 0.6) is 5.75 Å². The number of methoxy groups -OCH3 is 1. The summed E-state index contributed by atoms with van der Waals surface area (Å²) in [6, 6.07) is 14.8. The van der Waals surface area contributed by atoms with Crippen LogP contribution in [0.2, 0.25) is 0 Å². The molecule has 0 aliphatic rings. The third kappa shape index (κ3) is 3.88. The SMILES string of the molecule is COc1ccc2[nH]c(=O)c(CCNC(=O)c3cccc(C)c3)cc2c1. The summed E-state index contributed by atoms with van der Waals surface area (Å²) in [6.45, 7) is 2.34. The maximum Gasteiger partial charge on any atom is 0.251 e. The van der Waals surface area contributed by atoms with Crippen LogP contribution < -0.4 is 15.6 Å². The van der Waals surface area contributed by atoms with E-state index >= 15 is 0 Å². The van der Waals surface area contributed by atoms with E-state index in [0.717, 1.165) is 22.2 Å². The number of aromatic amines is 1. The Morgan fingerprint density at radius 1 is 1.16 bits per heavy atom. The standard InChI is InChI=1S/C20H20N2O3/c1-13-4-3-5-14(10-13)19(23)21-9-8-15-11-16-12-17(25-2)6-7-18(16)22-20(15)24/h3-7,10-12H,8-9H2,1-2H3,(H,21,23)(H,22,24). The molecule has 1 aromatic heterocycles. The van der Waals surface area contributed by atoms with Gasteiger partial charge in [-0.1, -0.05) is 17.7 Å². The highest BCUT2D eigenvalue weighted by molar-refractivity contribution is 5.94. The van der Waals surface area contributed by atoms with Gasteiger partial charge in [-0.25, -0.2) is 0 Å². The number of nitrogens with one attached hydrogen (secondary N) is 2. The van der Waals surface area contributed by atoms with Gasteiger partial charge in [-0.15, -0.1) is 0 Å². The first kappa shape index (κ1) is 16.8. The molecule has 0 saturated carbocycles. The Labute approximate surface area is 145 Å². The van der Waals surface area contributed by atoms with Crippen molar-refractivity contribution in [3.8, 4) is 5.75 Å². The van der Waals surface area contributed by atoms with Crippen LogP contribution in [0, 0.1) is 6.92 Å². The Bertz CT molecular complexity index is 976. The number of carbonyl (C=O) groups excluding carboxylic acids is 1. The van der Waals surface area contributed by atoms with Crippen LogP contribution in [0.25, 0.3) is 10.9 Å². The summed E-state index contributed by atoms with van der Waals surface area (Å²) < 4.78 is 5.21. The van der Waals surface area contributed by atoms with Gasteiger partial charge in [0.2, 0.25) is 0 Å². The van der Waals surface area contributed by atoms with E-state index < -0.39 is 0 Å². The zero-order valence-corrected chi connectivity index (χ0v) is 14.3. The number of H-pyrrole nitrogens is 1. The first-order valence-corrected chi connectivity index (χ1v) is 8.11. The van der Waals surface area contributed by atoms with Crippen LogP contribution in [0.3, 0.4) is 0 Å². The Morgan fingerprint density at radius 3 is 2.76 bits per heavy atom. The second kappa shape index (κ2) is 7.21. The number of pyridine rings is 1. The predicted octanol–water partition coefficient (Wildman–Crippen LogP) is 2.82. The van der Waals surface area contributed by atoms with Crippen molar-refractivity contribution in [2.45, 2.75) is 13.3 Å². The van der Waals surface area contributed by atoms with Gasteiger partial charge in [0.1, 0.15) is 5.75 Å². The van der Waals surface area contributed by atoms with Gasteiger partial charge in [-0.05, 0) is 49.7 Å². The molecule has 0 radical (unpaired) electrons. The fraction of sp³-hybridized carbons (Fsp3) is 0.200. The molecule has 1 amide bonds. The summed E-state index contributed by atoms with van der Waals surface area (Å²) in [5.41, 5.74) is 2.91. The Hall–Kier alpha value is -3.08. The van der Waals surface area contributed by atoms with Crippen molar-refractivity contribution in [2.24, 2.45) is 0 Å². The molecular weight excluding hydrogens is 316 g/mol. The topological polar surface area (TPSA) is 71.2 Å². The zero-order valence-electron chi connectivity index (χ0n) is 14.3. The first-order valence-electron chi connectivity index (χ1n) is 8.11. The molecule has 5 nitrogen and oxygen atoms in total. The Balaban J connectivity index is 1.71. The molecule has 0 aliphatic carbocycles. The molecule has 0 spiro atoms. The average molecular weight is 336 g/mol. The fourth-order valence-corrected chi connectivity index (χ4v) is 2.74. The summed E-state index contributed by atoms with van der Waals surface area (Å²) in [5, 5.41) is 3.76. The smallest absolute Gasteiger partial charge is 0.251 e.